The van der Waals surface area contributed by atoms with E-state index < -0.39 is 6.04 Å². The van der Waals surface area contributed by atoms with Crippen LogP contribution < -0.4 is 5.73 Å². The molecular weight excluding hydrogens is 250 g/mol. The van der Waals surface area contributed by atoms with E-state index in [1.165, 1.54) is 0 Å². The number of nitrogens with zero attached hydrogens (tertiary/aromatic N) is 2. The molecule has 2 N–H and O–H groups in total. The minimum Gasteiger partial charge on any atom is -0.457 e. The van der Waals surface area contributed by atoms with Gasteiger partial charge < -0.3 is 10.2 Å². The minimum atomic E-state index is -0.491. The Morgan fingerprint density at radius 1 is 1.17 bits per heavy atom. The van der Waals surface area contributed by atoms with Crippen molar-refractivity contribution in [3.8, 4) is 0 Å². The van der Waals surface area contributed by atoms with Gasteiger partial charge in [0.15, 0.2) is 11.4 Å². The lowest BCUT2D eigenvalue weighted by Crippen LogP contribution is -2.14. The van der Waals surface area contributed by atoms with Crippen LogP contribution in [0.3, 0.4) is 0 Å². The molecule has 0 aliphatic rings. The Morgan fingerprint density at radius 2 is 1.94 bits per heavy atom. The standard InChI is InChI=1S/C13H10ClN3O/c14-9-4-1-3-8-7-10(18-12(8)9)11(15)13-16-5-2-6-17-13/h1-7,11H,15H2. The van der Waals surface area contributed by atoms with Crippen LogP contribution in [-0.2, 0) is 0 Å². The van der Waals surface area contributed by atoms with Gasteiger partial charge in [0.25, 0.3) is 0 Å². The fraction of sp³-hybridized carbons (Fsp3) is 0.0769. The second kappa shape index (κ2) is 4.40. The van der Waals surface area contributed by atoms with E-state index in [2.05, 4.69) is 9.97 Å². The molecule has 0 fully saturated rings. The molecule has 90 valence electrons. The Bertz CT molecular complexity index is 681. The number of furan rings is 1. The summed E-state index contributed by atoms with van der Waals surface area (Å²) in [6.45, 7) is 0. The first-order valence-corrected chi connectivity index (χ1v) is 5.84. The van der Waals surface area contributed by atoms with E-state index in [1.54, 1.807) is 24.5 Å². The number of rotatable bonds is 2. The van der Waals surface area contributed by atoms with E-state index in [4.69, 9.17) is 21.8 Å². The molecule has 0 radical (unpaired) electrons. The molecule has 0 saturated carbocycles. The van der Waals surface area contributed by atoms with Crippen molar-refractivity contribution in [1.29, 1.82) is 0 Å². The lowest BCUT2D eigenvalue weighted by molar-refractivity contribution is 0.515. The number of halogens is 1. The first-order chi connectivity index (χ1) is 8.75. The summed E-state index contributed by atoms with van der Waals surface area (Å²) in [7, 11) is 0. The fourth-order valence-electron chi connectivity index (χ4n) is 1.80. The Kier molecular flexibility index (Phi) is 2.74. The largest absolute Gasteiger partial charge is 0.457 e. The Labute approximate surface area is 108 Å². The third-order valence-corrected chi connectivity index (χ3v) is 2.98. The predicted octanol–water partition coefficient (Wildman–Crippen LogP) is 2.92. The number of hydrogen-bond acceptors (Lipinski definition) is 4. The van der Waals surface area contributed by atoms with Crippen molar-refractivity contribution in [3.63, 3.8) is 0 Å². The van der Waals surface area contributed by atoms with Crippen LogP contribution in [0.2, 0.25) is 5.02 Å². The van der Waals surface area contributed by atoms with Crippen molar-refractivity contribution >= 4 is 22.6 Å². The van der Waals surface area contributed by atoms with E-state index in [9.17, 15) is 0 Å². The Balaban J connectivity index is 2.07. The van der Waals surface area contributed by atoms with Crippen molar-refractivity contribution in [2.75, 3.05) is 0 Å². The van der Waals surface area contributed by atoms with Crippen molar-refractivity contribution in [2.24, 2.45) is 5.73 Å². The zero-order valence-corrected chi connectivity index (χ0v) is 10.1. The fourth-order valence-corrected chi connectivity index (χ4v) is 2.02. The van der Waals surface area contributed by atoms with Crippen LogP contribution in [-0.4, -0.2) is 9.97 Å². The molecule has 1 unspecified atom stereocenters. The quantitative estimate of drug-likeness (QED) is 0.768. The zero-order valence-electron chi connectivity index (χ0n) is 9.38. The van der Waals surface area contributed by atoms with Gasteiger partial charge in [-0.15, -0.1) is 0 Å². The third kappa shape index (κ3) is 1.85. The van der Waals surface area contributed by atoms with Crippen molar-refractivity contribution in [2.45, 2.75) is 6.04 Å². The summed E-state index contributed by atoms with van der Waals surface area (Å²) < 4.78 is 5.68. The monoisotopic (exact) mass is 259 g/mol. The number of hydrogen-bond donors (Lipinski definition) is 1. The van der Waals surface area contributed by atoms with Gasteiger partial charge in [0.1, 0.15) is 11.8 Å². The van der Waals surface area contributed by atoms with Crippen LogP contribution in [0.25, 0.3) is 11.0 Å². The van der Waals surface area contributed by atoms with Gasteiger partial charge in [-0.1, -0.05) is 23.7 Å². The molecule has 5 heteroatoms. The molecule has 0 spiro atoms. The molecule has 0 amide bonds. The maximum absolute atomic E-state index is 6.07. The molecule has 4 nitrogen and oxygen atoms in total. The summed E-state index contributed by atoms with van der Waals surface area (Å²) >= 11 is 6.06. The molecular formula is C13H10ClN3O. The van der Waals surface area contributed by atoms with Gasteiger partial charge in [0, 0.05) is 17.8 Å². The van der Waals surface area contributed by atoms with Crippen LogP contribution in [0.1, 0.15) is 17.6 Å². The number of aromatic nitrogens is 2. The first kappa shape index (κ1) is 11.2. The lowest BCUT2D eigenvalue weighted by atomic mass is 10.2. The summed E-state index contributed by atoms with van der Waals surface area (Å²) in [6, 6.07) is 8.69. The average molecular weight is 260 g/mol. The van der Waals surface area contributed by atoms with Crippen LogP contribution in [0, 0.1) is 0 Å². The molecule has 3 rings (SSSR count). The molecule has 0 saturated heterocycles. The van der Waals surface area contributed by atoms with Crippen LogP contribution >= 0.6 is 11.6 Å². The van der Waals surface area contributed by atoms with E-state index in [1.807, 2.05) is 18.2 Å². The minimum absolute atomic E-state index is 0.491. The van der Waals surface area contributed by atoms with E-state index in [0.29, 0.717) is 22.2 Å². The predicted molar refractivity (Wildman–Crippen MR) is 69.3 cm³/mol. The van der Waals surface area contributed by atoms with E-state index >= 15 is 0 Å². The second-order valence-corrected chi connectivity index (χ2v) is 4.30. The maximum Gasteiger partial charge on any atom is 0.152 e. The van der Waals surface area contributed by atoms with Gasteiger partial charge in [0.05, 0.1) is 5.02 Å². The first-order valence-electron chi connectivity index (χ1n) is 5.46. The Morgan fingerprint density at radius 3 is 2.67 bits per heavy atom. The van der Waals surface area contributed by atoms with Gasteiger partial charge in [-0.3, -0.25) is 0 Å². The van der Waals surface area contributed by atoms with Crippen LogP contribution in [0.4, 0.5) is 0 Å². The van der Waals surface area contributed by atoms with Crippen LogP contribution in [0.15, 0.2) is 47.1 Å². The molecule has 0 bridgehead atoms. The summed E-state index contributed by atoms with van der Waals surface area (Å²) in [5.41, 5.74) is 6.71. The molecule has 1 atom stereocenters. The van der Waals surface area contributed by atoms with E-state index in [0.717, 1.165) is 5.39 Å². The normalized spacial score (nSPS) is 12.8. The average Bonchev–Trinajstić information content (AvgIpc) is 2.84. The smallest absolute Gasteiger partial charge is 0.152 e. The van der Waals surface area contributed by atoms with Gasteiger partial charge in [-0.25, -0.2) is 9.97 Å². The van der Waals surface area contributed by atoms with Gasteiger partial charge in [0.2, 0.25) is 0 Å². The van der Waals surface area contributed by atoms with Gasteiger partial charge in [-0.2, -0.15) is 0 Å². The highest BCUT2D eigenvalue weighted by Crippen LogP contribution is 2.29. The highest BCUT2D eigenvalue weighted by Gasteiger charge is 2.17. The summed E-state index contributed by atoms with van der Waals surface area (Å²) in [5, 5.41) is 1.49. The summed E-state index contributed by atoms with van der Waals surface area (Å²) in [4.78, 5) is 8.24. The molecule has 18 heavy (non-hydrogen) atoms. The number of fused-ring (bicyclic) bond motifs is 1. The summed E-state index contributed by atoms with van der Waals surface area (Å²) in [5.74, 6) is 1.12. The number of nitrogens with two attached hydrogens (primary N) is 1. The van der Waals surface area contributed by atoms with Crippen molar-refractivity contribution in [3.05, 3.63) is 59.3 Å². The summed E-state index contributed by atoms with van der Waals surface area (Å²) in [6.07, 6.45) is 3.30. The number of benzene rings is 1. The van der Waals surface area contributed by atoms with Gasteiger partial charge in [-0.05, 0) is 18.2 Å². The molecule has 2 heterocycles. The molecule has 1 aromatic carbocycles. The topological polar surface area (TPSA) is 64.9 Å². The number of para-hydroxylation sites is 1. The van der Waals surface area contributed by atoms with Crippen LogP contribution in [0.5, 0.6) is 0 Å². The molecule has 3 aromatic rings. The molecule has 0 aliphatic carbocycles. The van der Waals surface area contributed by atoms with Crippen molar-refractivity contribution in [1.82, 2.24) is 9.97 Å². The molecule has 2 aromatic heterocycles. The van der Waals surface area contributed by atoms with E-state index in [-0.39, 0.29) is 0 Å². The van der Waals surface area contributed by atoms with Crippen molar-refractivity contribution < 1.29 is 4.42 Å². The molecule has 0 aliphatic heterocycles. The SMILES string of the molecule is NC(c1ncccn1)c1cc2cccc(Cl)c2o1. The maximum atomic E-state index is 6.07. The second-order valence-electron chi connectivity index (χ2n) is 3.89. The van der Waals surface area contributed by atoms with Gasteiger partial charge >= 0.3 is 0 Å². The highest BCUT2D eigenvalue weighted by molar-refractivity contribution is 6.34. The lowest BCUT2D eigenvalue weighted by Gasteiger charge is -2.05. The third-order valence-electron chi connectivity index (χ3n) is 2.69. The zero-order chi connectivity index (χ0) is 12.5. The Hall–Kier alpha value is -1.91. The highest BCUT2D eigenvalue weighted by atomic mass is 35.5.